The summed E-state index contributed by atoms with van der Waals surface area (Å²) in [6.45, 7) is -2.82. The van der Waals surface area contributed by atoms with E-state index in [0.717, 1.165) is 0 Å². The third-order valence-corrected chi connectivity index (χ3v) is 3.35. The second-order valence-electron chi connectivity index (χ2n) is 5.32. The second-order valence-corrected chi connectivity index (χ2v) is 5.32. The molecule has 1 aromatic heterocycles. The van der Waals surface area contributed by atoms with Gasteiger partial charge in [0.15, 0.2) is 11.5 Å². The third kappa shape index (κ3) is 4.79. The van der Waals surface area contributed by atoms with E-state index in [2.05, 4.69) is 15.0 Å². The number of hydrogen-bond donors (Lipinski definition) is 1. The highest BCUT2D eigenvalue weighted by atomic mass is 19.3. The molecule has 0 atom stereocenters. The molecule has 0 unspecified atom stereocenters. The second kappa shape index (κ2) is 8.27. The van der Waals surface area contributed by atoms with E-state index in [1.807, 2.05) is 0 Å². The predicted octanol–water partition coefficient (Wildman–Crippen LogP) is 2.69. The number of alkyl halides is 2. The van der Waals surface area contributed by atoms with Crippen LogP contribution in [0.4, 0.5) is 14.6 Å². The molecule has 0 aliphatic rings. The fourth-order valence-electron chi connectivity index (χ4n) is 2.23. The Morgan fingerprint density at radius 1 is 1.28 bits per heavy atom. The molecule has 1 N–H and O–H groups in total. The monoisotopic (exact) mass is 351 g/mol. The van der Waals surface area contributed by atoms with Crippen LogP contribution in [0, 0.1) is 0 Å². The average molecular weight is 351 g/mol. The van der Waals surface area contributed by atoms with Crippen LogP contribution in [-0.2, 0) is 6.54 Å². The number of carbonyl (C=O) groups excluding carboxylic acids is 1. The van der Waals surface area contributed by atoms with Crippen molar-refractivity contribution >= 4 is 11.7 Å². The normalized spacial score (nSPS) is 10.5. The van der Waals surface area contributed by atoms with Crippen LogP contribution >= 0.6 is 0 Å². The molecule has 6 nitrogen and oxygen atoms in total. The van der Waals surface area contributed by atoms with Gasteiger partial charge in [-0.05, 0) is 29.8 Å². The number of carbonyl (C=O) groups is 1. The van der Waals surface area contributed by atoms with Gasteiger partial charge in [-0.2, -0.15) is 8.78 Å². The first-order valence-corrected chi connectivity index (χ1v) is 7.44. The molecule has 0 bridgehead atoms. The van der Waals surface area contributed by atoms with Gasteiger partial charge in [0.25, 0.3) is 5.91 Å². The van der Waals surface area contributed by atoms with Gasteiger partial charge < -0.3 is 19.7 Å². The number of pyridine rings is 1. The number of hydrogen-bond acceptors (Lipinski definition) is 5. The quantitative estimate of drug-likeness (QED) is 0.831. The van der Waals surface area contributed by atoms with Gasteiger partial charge >= 0.3 is 6.61 Å². The molecule has 0 radical (unpaired) electrons. The Labute approximate surface area is 144 Å². The summed E-state index contributed by atoms with van der Waals surface area (Å²) < 4.78 is 34.3. The molecule has 1 aromatic carbocycles. The number of halogens is 2. The van der Waals surface area contributed by atoms with Crippen molar-refractivity contribution in [3.05, 3.63) is 47.7 Å². The lowest BCUT2D eigenvalue weighted by Crippen LogP contribution is -2.26. The van der Waals surface area contributed by atoms with Crippen LogP contribution < -0.4 is 19.7 Å². The van der Waals surface area contributed by atoms with Crippen molar-refractivity contribution < 1.29 is 23.0 Å². The number of benzene rings is 1. The Bertz CT molecular complexity index is 739. The highest BCUT2D eigenvalue weighted by Crippen LogP contribution is 2.29. The largest absolute Gasteiger partial charge is 0.493 e. The fourth-order valence-corrected chi connectivity index (χ4v) is 2.23. The number of rotatable bonds is 7. The molecule has 1 amide bonds. The molecule has 0 saturated carbocycles. The zero-order chi connectivity index (χ0) is 18.4. The van der Waals surface area contributed by atoms with Gasteiger partial charge in [0.05, 0.1) is 12.7 Å². The van der Waals surface area contributed by atoms with E-state index in [9.17, 15) is 13.6 Å². The fraction of sp³-hybridized carbons (Fsp3) is 0.294. The molecule has 2 aromatic rings. The van der Waals surface area contributed by atoms with Gasteiger partial charge in [0, 0.05) is 26.8 Å². The van der Waals surface area contributed by atoms with Gasteiger partial charge in [-0.15, -0.1) is 0 Å². The minimum atomic E-state index is -2.96. The number of aromatic nitrogens is 1. The van der Waals surface area contributed by atoms with Gasteiger partial charge in [0.2, 0.25) is 0 Å². The van der Waals surface area contributed by atoms with Crippen LogP contribution in [0.1, 0.15) is 15.9 Å². The van der Waals surface area contributed by atoms with E-state index in [1.54, 1.807) is 43.4 Å². The topological polar surface area (TPSA) is 63.7 Å². The molecule has 0 fully saturated rings. The average Bonchev–Trinajstić information content (AvgIpc) is 2.59. The standard InChI is InChI=1S/C17H19F2N3O3/c1-22(2)15-12(5-4-8-20-15)16(23)21-10-11-6-7-13(24-3)14(9-11)25-17(18)19/h4-9,17H,10H2,1-3H3,(H,21,23). The summed E-state index contributed by atoms with van der Waals surface area (Å²) in [5, 5.41) is 2.74. The molecule has 8 heteroatoms. The van der Waals surface area contributed by atoms with E-state index in [-0.39, 0.29) is 24.0 Å². The van der Waals surface area contributed by atoms with Gasteiger partial charge in [-0.25, -0.2) is 4.98 Å². The summed E-state index contributed by atoms with van der Waals surface area (Å²) in [7, 11) is 4.94. The summed E-state index contributed by atoms with van der Waals surface area (Å²) in [4.78, 5) is 18.3. The molecule has 0 aliphatic heterocycles. The Morgan fingerprint density at radius 3 is 2.68 bits per heavy atom. The van der Waals surface area contributed by atoms with E-state index in [4.69, 9.17) is 4.74 Å². The Hall–Kier alpha value is -2.90. The van der Waals surface area contributed by atoms with Crippen molar-refractivity contribution in [3.8, 4) is 11.5 Å². The van der Waals surface area contributed by atoms with Gasteiger partial charge in [-0.1, -0.05) is 6.07 Å². The SMILES string of the molecule is COc1ccc(CNC(=O)c2cccnc2N(C)C)cc1OC(F)F. The number of nitrogens with zero attached hydrogens (tertiary/aromatic N) is 2. The smallest absolute Gasteiger partial charge is 0.387 e. The van der Waals surface area contributed by atoms with Crippen molar-refractivity contribution in [2.45, 2.75) is 13.2 Å². The van der Waals surface area contributed by atoms with E-state index in [1.165, 1.54) is 19.2 Å². The number of nitrogens with one attached hydrogen (secondary N) is 1. The zero-order valence-corrected chi connectivity index (χ0v) is 14.1. The highest BCUT2D eigenvalue weighted by Gasteiger charge is 2.15. The van der Waals surface area contributed by atoms with E-state index in [0.29, 0.717) is 16.9 Å². The van der Waals surface area contributed by atoms with Gasteiger partial charge in [0.1, 0.15) is 5.82 Å². The first-order chi connectivity index (χ1) is 11.9. The molecule has 25 heavy (non-hydrogen) atoms. The number of ether oxygens (including phenoxy) is 2. The minimum Gasteiger partial charge on any atom is -0.493 e. The van der Waals surface area contributed by atoms with Crippen molar-refractivity contribution in [1.29, 1.82) is 0 Å². The maximum Gasteiger partial charge on any atom is 0.387 e. The lowest BCUT2D eigenvalue weighted by atomic mass is 10.2. The number of anilines is 1. The van der Waals surface area contributed by atoms with Crippen LogP contribution in [0.2, 0.25) is 0 Å². The van der Waals surface area contributed by atoms with E-state index >= 15 is 0 Å². The lowest BCUT2D eigenvalue weighted by Gasteiger charge is -2.16. The molecule has 2 rings (SSSR count). The zero-order valence-electron chi connectivity index (χ0n) is 14.1. The summed E-state index contributed by atoms with van der Waals surface area (Å²) in [5.74, 6) is 0.331. The first-order valence-electron chi connectivity index (χ1n) is 7.44. The van der Waals surface area contributed by atoms with Crippen molar-refractivity contribution in [3.63, 3.8) is 0 Å². The number of amides is 1. The highest BCUT2D eigenvalue weighted by molar-refractivity contribution is 5.98. The van der Waals surface area contributed by atoms with Crippen LogP contribution in [0.5, 0.6) is 11.5 Å². The summed E-state index contributed by atoms with van der Waals surface area (Å²) in [6, 6.07) is 7.91. The maximum atomic E-state index is 12.5. The van der Waals surface area contributed by atoms with E-state index < -0.39 is 6.61 Å². The van der Waals surface area contributed by atoms with Crippen LogP contribution in [-0.4, -0.2) is 38.7 Å². The molecule has 1 heterocycles. The van der Waals surface area contributed by atoms with Crippen molar-refractivity contribution in [1.82, 2.24) is 10.3 Å². The van der Waals surface area contributed by atoms with Crippen LogP contribution in [0.3, 0.4) is 0 Å². The Kier molecular flexibility index (Phi) is 6.10. The van der Waals surface area contributed by atoms with Crippen LogP contribution in [0.15, 0.2) is 36.5 Å². The summed E-state index contributed by atoms with van der Waals surface area (Å²) >= 11 is 0. The van der Waals surface area contributed by atoms with Crippen molar-refractivity contribution in [2.24, 2.45) is 0 Å². The van der Waals surface area contributed by atoms with Gasteiger partial charge in [-0.3, -0.25) is 4.79 Å². The summed E-state index contributed by atoms with van der Waals surface area (Å²) in [6.07, 6.45) is 1.60. The molecule has 0 spiro atoms. The lowest BCUT2D eigenvalue weighted by molar-refractivity contribution is -0.0512. The molecule has 0 saturated heterocycles. The Morgan fingerprint density at radius 2 is 2.04 bits per heavy atom. The van der Waals surface area contributed by atoms with Crippen molar-refractivity contribution in [2.75, 3.05) is 26.1 Å². The minimum absolute atomic E-state index is 0.0837. The predicted molar refractivity (Wildman–Crippen MR) is 89.4 cm³/mol. The number of methoxy groups -OCH3 is 1. The first kappa shape index (κ1) is 18.4. The Balaban J connectivity index is 2.12. The summed E-state index contributed by atoms with van der Waals surface area (Å²) in [5.41, 5.74) is 1.02. The third-order valence-electron chi connectivity index (χ3n) is 3.35. The molecule has 134 valence electrons. The molecular weight excluding hydrogens is 332 g/mol. The maximum absolute atomic E-state index is 12.5. The molecule has 0 aliphatic carbocycles. The van der Waals surface area contributed by atoms with Crippen LogP contribution in [0.25, 0.3) is 0 Å². The molecular formula is C17H19F2N3O3.